The number of aryl methyl sites for hydroxylation is 1. The van der Waals surface area contributed by atoms with Crippen molar-refractivity contribution in [2.45, 2.75) is 79.8 Å². The number of rotatable bonds is 6. The van der Waals surface area contributed by atoms with Crippen molar-refractivity contribution in [3.63, 3.8) is 0 Å². The summed E-state index contributed by atoms with van der Waals surface area (Å²) in [6.07, 6.45) is 2.60. The van der Waals surface area contributed by atoms with Gasteiger partial charge < -0.3 is 14.4 Å². The highest BCUT2D eigenvalue weighted by molar-refractivity contribution is 6.06. The van der Waals surface area contributed by atoms with E-state index in [4.69, 9.17) is 9.47 Å². The van der Waals surface area contributed by atoms with Gasteiger partial charge in [0.1, 0.15) is 6.61 Å². The van der Waals surface area contributed by atoms with Crippen LogP contribution in [0, 0.1) is 17.8 Å². The third-order valence-corrected chi connectivity index (χ3v) is 8.34. The Balaban J connectivity index is 1.61. The van der Waals surface area contributed by atoms with Crippen LogP contribution in [0.1, 0.15) is 82.9 Å². The molecule has 39 heavy (non-hydrogen) atoms. The number of ether oxygens (including phenoxy) is 2. The quantitative estimate of drug-likeness (QED) is 0.395. The molecular formula is C34H41NO4. The van der Waals surface area contributed by atoms with E-state index in [0.717, 1.165) is 53.1 Å². The first-order chi connectivity index (χ1) is 18.4. The van der Waals surface area contributed by atoms with E-state index in [1.54, 1.807) is 7.11 Å². The van der Waals surface area contributed by atoms with Crippen LogP contribution >= 0.6 is 0 Å². The average molecular weight is 528 g/mol. The molecule has 206 valence electrons. The largest absolute Gasteiger partial charge is 0.493 e. The lowest BCUT2D eigenvalue weighted by molar-refractivity contribution is -0.119. The number of hydrogen-bond donors (Lipinski definition) is 0. The normalized spacial score (nSPS) is 20.6. The smallest absolute Gasteiger partial charge is 0.162 e. The topological polar surface area (TPSA) is 55.8 Å². The van der Waals surface area contributed by atoms with E-state index >= 15 is 0 Å². The Bertz CT molecular complexity index is 1340. The van der Waals surface area contributed by atoms with E-state index in [-0.39, 0.29) is 28.3 Å². The summed E-state index contributed by atoms with van der Waals surface area (Å²) in [6.45, 7) is 14.0. The molecule has 0 saturated carbocycles. The summed E-state index contributed by atoms with van der Waals surface area (Å²) < 4.78 is 12.0. The van der Waals surface area contributed by atoms with Gasteiger partial charge in [-0.25, -0.2) is 0 Å². The average Bonchev–Trinajstić information content (AvgIpc) is 2.85. The van der Waals surface area contributed by atoms with Crippen molar-refractivity contribution in [3.8, 4) is 11.5 Å². The molecule has 0 atom stereocenters. The van der Waals surface area contributed by atoms with Crippen molar-refractivity contribution >= 4 is 11.6 Å². The number of carbonyl (C=O) groups is 2. The van der Waals surface area contributed by atoms with Gasteiger partial charge in [-0.05, 0) is 60.8 Å². The molecule has 5 nitrogen and oxygen atoms in total. The molecule has 2 aromatic rings. The highest BCUT2D eigenvalue weighted by atomic mass is 16.5. The van der Waals surface area contributed by atoms with Gasteiger partial charge in [0.2, 0.25) is 0 Å². The van der Waals surface area contributed by atoms with Crippen LogP contribution in [0.2, 0.25) is 0 Å². The maximum atomic E-state index is 13.8. The Morgan fingerprint density at radius 1 is 0.846 bits per heavy atom. The summed E-state index contributed by atoms with van der Waals surface area (Å²) in [7, 11) is 1.64. The molecule has 0 bridgehead atoms. The van der Waals surface area contributed by atoms with Gasteiger partial charge in [-0.2, -0.15) is 0 Å². The molecule has 5 heteroatoms. The molecule has 1 aliphatic heterocycles. The van der Waals surface area contributed by atoms with Crippen LogP contribution in [-0.4, -0.2) is 30.1 Å². The zero-order valence-corrected chi connectivity index (χ0v) is 24.4. The first-order valence-electron chi connectivity index (χ1n) is 14.1. The predicted octanol–water partition coefficient (Wildman–Crippen LogP) is 7.29. The third-order valence-electron chi connectivity index (χ3n) is 8.34. The van der Waals surface area contributed by atoms with E-state index < -0.39 is 0 Å². The van der Waals surface area contributed by atoms with Crippen LogP contribution in [0.4, 0.5) is 0 Å². The SMILES string of the molecule is CCN1C2=C(C(=O)CC(C)(C)C2)C(c2ccc(OCc3cccc(C)c3)c(OC)c2)C2=C1CC(C)(C)CC2=O. The summed E-state index contributed by atoms with van der Waals surface area (Å²) in [5.74, 6) is 1.16. The molecule has 0 saturated heterocycles. The number of methoxy groups -OCH3 is 1. The summed E-state index contributed by atoms with van der Waals surface area (Å²) in [4.78, 5) is 30.0. The van der Waals surface area contributed by atoms with Gasteiger partial charge >= 0.3 is 0 Å². The lowest BCUT2D eigenvalue weighted by atomic mass is 9.63. The molecule has 0 amide bonds. The van der Waals surface area contributed by atoms with Crippen molar-refractivity contribution in [1.29, 1.82) is 0 Å². The first-order valence-corrected chi connectivity index (χ1v) is 14.1. The van der Waals surface area contributed by atoms with Gasteiger partial charge in [0.25, 0.3) is 0 Å². The number of allylic oxidation sites excluding steroid dienone is 4. The van der Waals surface area contributed by atoms with Gasteiger partial charge in [-0.3, -0.25) is 9.59 Å². The van der Waals surface area contributed by atoms with Crippen LogP contribution in [0.5, 0.6) is 11.5 Å². The van der Waals surface area contributed by atoms with Crippen molar-refractivity contribution in [3.05, 3.63) is 81.7 Å². The number of benzene rings is 2. The zero-order chi connectivity index (χ0) is 28.1. The van der Waals surface area contributed by atoms with E-state index in [2.05, 4.69) is 58.6 Å². The molecule has 2 aliphatic carbocycles. The Hall–Kier alpha value is -3.34. The summed E-state index contributed by atoms with van der Waals surface area (Å²) >= 11 is 0. The highest BCUT2D eigenvalue weighted by Crippen LogP contribution is 2.54. The Morgan fingerprint density at radius 3 is 2.00 bits per heavy atom. The van der Waals surface area contributed by atoms with Gasteiger partial charge in [0, 0.05) is 47.8 Å². The first kappa shape index (κ1) is 27.2. The fourth-order valence-electron chi connectivity index (χ4n) is 6.71. The third kappa shape index (κ3) is 5.16. The van der Waals surface area contributed by atoms with E-state index in [1.165, 1.54) is 5.56 Å². The number of hydrogen-bond acceptors (Lipinski definition) is 5. The standard InChI is InChI=1S/C34H41NO4/c1-8-35-24-16-33(3,4)18-26(36)31(24)30(32-25(35)17-34(5,6)19-27(32)37)23-12-13-28(29(15-23)38-7)39-20-22-11-9-10-21(2)14-22/h9-15,30H,8,16-20H2,1-7H3. The minimum atomic E-state index is -0.385. The van der Waals surface area contributed by atoms with Crippen molar-refractivity contribution in [1.82, 2.24) is 4.90 Å². The molecule has 0 N–H and O–H groups in total. The van der Waals surface area contributed by atoms with Crippen LogP contribution in [0.3, 0.4) is 0 Å². The molecule has 0 aromatic heterocycles. The molecule has 1 heterocycles. The molecule has 0 spiro atoms. The Morgan fingerprint density at radius 2 is 1.46 bits per heavy atom. The molecule has 0 radical (unpaired) electrons. The molecular weight excluding hydrogens is 486 g/mol. The van der Waals surface area contributed by atoms with E-state index in [0.29, 0.717) is 30.9 Å². The molecule has 2 aromatic carbocycles. The van der Waals surface area contributed by atoms with E-state index in [1.807, 2.05) is 30.3 Å². The number of nitrogens with zero attached hydrogens (tertiary/aromatic N) is 1. The lowest BCUT2D eigenvalue weighted by Gasteiger charge is -2.48. The number of carbonyl (C=O) groups excluding carboxylic acids is 2. The van der Waals surface area contributed by atoms with Crippen molar-refractivity contribution < 1.29 is 19.1 Å². The second kappa shape index (κ2) is 10.0. The maximum absolute atomic E-state index is 13.8. The minimum Gasteiger partial charge on any atom is -0.493 e. The number of Topliss-reactive ketones (excluding diaryl/α,β-unsaturated/α-hetero) is 2. The minimum absolute atomic E-state index is 0.120. The summed E-state index contributed by atoms with van der Waals surface area (Å²) in [6, 6.07) is 14.1. The van der Waals surface area contributed by atoms with Crippen LogP contribution in [0.25, 0.3) is 0 Å². The monoisotopic (exact) mass is 527 g/mol. The van der Waals surface area contributed by atoms with Gasteiger partial charge in [0.05, 0.1) is 7.11 Å². The molecule has 5 rings (SSSR count). The lowest BCUT2D eigenvalue weighted by Crippen LogP contribution is -2.44. The fourth-order valence-corrected chi connectivity index (χ4v) is 6.71. The summed E-state index contributed by atoms with van der Waals surface area (Å²) in [5, 5.41) is 0. The van der Waals surface area contributed by atoms with Gasteiger partial charge in [0.15, 0.2) is 23.1 Å². The highest BCUT2D eigenvalue weighted by Gasteiger charge is 2.48. The predicted molar refractivity (Wildman–Crippen MR) is 154 cm³/mol. The van der Waals surface area contributed by atoms with E-state index in [9.17, 15) is 9.59 Å². The van der Waals surface area contributed by atoms with Gasteiger partial charge in [-0.1, -0.05) is 63.6 Å². The van der Waals surface area contributed by atoms with Crippen LogP contribution in [0.15, 0.2) is 65.0 Å². The fraction of sp³-hybridized carbons (Fsp3) is 0.471. The Kier molecular flexibility index (Phi) is 6.98. The maximum Gasteiger partial charge on any atom is 0.162 e. The molecule has 0 fully saturated rings. The van der Waals surface area contributed by atoms with Gasteiger partial charge in [-0.15, -0.1) is 0 Å². The Labute approximate surface area is 232 Å². The molecule has 0 unspecified atom stereocenters. The van der Waals surface area contributed by atoms with Crippen molar-refractivity contribution in [2.75, 3.05) is 13.7 Å². The molecule has 3 aliphatic rings. The van der Waals surface area contributed by atoms with Crippen LogP contribution < -0.4 is 9.47 Å². The zero-order valence-electron chi connectivity index (χ0n) is 24.4. The second-order valence-corrected chi connectivity index (χ2v) is 13.0. The second-order valence-electron chi connectivity index (χ2n) is 13.0. The number of ketones is 2. The van der Waals surface area contributed by atoms with Crippen molar-refractivity contribution in [2.24, 2.45) is 10.8 Å². The summed E-state index contributed by atoms with van der Waals surface area (Å²) in [5.41, 5.74) is 6.70. The van der Waals surface area contributed by atoms with Crippen LogP contribution in [-0.2, 0) is 16.2 Å².